The molecule has 0 heterocycles. The first-order chi connectivity index (χ1) is 34.8. The van der Waals surface area contributed by atoms with Gasteiger partial charge < -0.3 is 0 Å². The van der Waals surface area contributed by atoms with Gasteiger partial charge in [0.1, 0.15) is 0 Å². The molecule has 0 aromatic heterocycles. The van der Waals surface area contributed by atoms with Crippen molar-refractivity contribution in [2.45, 2.75) is 0 Å². The van der Waals surface area contributed by atoms with Crippen LogP contribution >= 0.6 is 0 Å². The van der Waals surface area contributed by atoms with Crippen molar-refractivity contribution in [3.63, 3.8) is 0 Å². The van der Waals surface area contributed by atoms with Crippen molar-refractivity contribution in [1.29, 1.82) is 0 Å². The van der Waals surface area contributed by atoms with E-state index in [0.29, 0.717) is 0 Å². The van der Waals surface area contributed by atoms with Gasteiger partial charge in [0.15, 0.2) is 0 Å². The van der Waals surface area contributed by atoms with Crippen LogP contribution in [-0.4, -0.2) is 0 Å². The van der Waals surface area contributed by atoms with E-state index >= 15 is 0 Å². The average molecular weight is 885 g/mol. The molecule has 14 aromatic carbocycles. The van der Waals surface area contributed by atoms with Gasteiger partial charge in [-0.15, -0.1) is 0 Å². The van der Waals surface area contributed by atoms with Gasteiger partial charge in [-0.25, -0.2) is 0 Å². The minimum absolute atomic E-state index is 1.20. The minimum Gasteiger partial charge on any atom is -0.0622 e. The first-order valence-corrected chi connectivity index (χ1v) is 24.3. The third-order valence-corrected chi connectivity index (χ3v) is 14.8. The molecular weight excluding hydrogens is 841 g/mol. The van der Waals surface area contributed by atoms with Crippen molar-refractivity contribution in [2.24, 2.45) is 0 Å². The van der Waals surface area contributed by atoms with E-state index < -0.39 is 0 Å². The summed E-state index contributed by atoms with van der Waals surface area (Å²) >= 11 is 0. The van der Waals surface area contributed by atoms with Gasteiger partial charge in [0.25, 0.3) is 0 Å². The maximum Gasteiger partial charge on any atom is -0.00139 e. The summed E-state index contributed by atoms with van der Waals surface area (Å²) in [7, 11) is 0. The zero-order valence-electron chi connectivity index (χ0n) is 38.4. The number of rotatable bonds is 6. The Bertz CT molecular complexity index is 4260. The van der Waals surface area contributed by atoms with Crippen molar-refractivity contribution < 1.29 is 0 Å². The van der Waals surface area contributed by atoms with Crippen LogP contribution in [0.25, 0.3) is 142 Å². The molecule has 0 fully saturated rings. The molecule has 0 aliphatic carbocycles. The summed E-state index contributed by atoms with van der Waals surface area (Å²) in [6.07, 6.45) is 0. The molecule has 0 bridgehead atoms. The Morgan fingerprint density at radius 3 is 0.857 bits per heavy atom. The second-order valence-corrected chi connectivity index (χ2v) is 18.6. The van der Waals surface area contributed by atoms with Gasteiger partial charge in [-0.2, -0.15) is 0 Å². The van der Waals surface area contributed by atoms with E-state index in [0.717, 1.165) is 0 Å². The highest BCUT2D eigenvalue weighted by Gasteiger charge is 2.23. The lowest BCUT2D eigenvalue weighted by Crippen LogP contribution is -1.95. The Morgan fingerprint density at radius 1 is 0.129 bits per heavy atom. The second-order valence-electron chi connectivity index (χ2n) is 18.6. The van der Waals surface area contributed by atoms with E-state index in [2.05, 4.69) is 267 Å². The van der Waals surface area contributed by atoms with Crippen LogP contribution in [0.4, 0.5) is 0 Å². The van der Waals surface area contributed by atoms with Crippen molar-refractivity contribution >= 4 is 75.4 Å². The molecule has 0 unspecified atom stereocenters. The lowest BCUT2D eigenvalue weighted by Gasteiger charge is -2.22. The number of fused-ring (bicyclic) bond motifs is 7. The molecule has 70 heavy (non-hydrogen) atoms. The van der Waals surface area contributed by atoms with Crippen molar-refractivity contribution in [1.82, 2.24) is 0 Å². The van der Waals surface area contributed by atoms with E-state index in [4.69, 9.17) is 0 Å². The molecule has 0 spiro atoms. The largest absolute Gasteiger partial charge is 0.0622 e. The molecule has 324 valence electrons. The van der Waals surface area contributed by atoms with Crippen LogP contribution in [0.2, 0.25) is 0 Å². The zero-order valence-corrected chi connectivity index (χ0v) is 38.4. The minimum atomic E-state index is 1.20. The second kappa shape index (κ2) is 16.3. The Balaban J connectivity index is 0.988. The van der Waals surface area contributed by atoms with Crippen LogP contribution in [0.1, 0.15) is 0 Å². The summed E-state index contributed by atoms with van der Waals surface area (Å²) in [5.41, 5.74) is 14.9. The van der Waals surface area contributed by atoms with E-state index in [-0.39, 0.29) is 0 Å². The molecule has 0 saturated heterocycles. The fourth-order valence-electron chi connectivity index (χ4n) is 11.8. The molecule has 0 N–H and O–H groups in total. The number of hydrogen-bond acceptors (Lipinski definition) is 0. The van der Waals surface area contributed by atoms with Crippen LogP contribution in [0, 0.1) is 0 Å². The van der Waals surface area contributed by atoms with Crippen molar-refractivity contribution in [3.05, 3.63) is 267 Å². The third kappa shape index (κ3) is 6.31. The normalized spacial score (nSPS) is 11.7. The fraction of sp³-hybridized carbons (Fsp3) is 0. The van der Waals surface area contributed by atoms with Gasteiger partial charge in [0.05, 0.1) is 0 Å². The van der Waals surface area contributed by atoms with E-state index in [1.807, 2.05) is 0 Å². The lowest BCUT2D eigenvalue weighted by molar-refractivity contribution is 1.62. The van der Waals surface area contributed by atoms with Crippen LogP contribution in [0.15, 0.2) is 267 Å². The lowest BCUT2D eigenvalue weighted by atomic mass is 9.80. The molecule has 14 aromatic rings. The summed E-state index contributed by atoms with van der Waals surface area (Å²) in [6, 6.07) is 98.9. The summed E-state index contributed by atoms with van der Waals surface area (Å²) < 4.78 is 0. The average Bonchev–Trinajstić information content (AvgIpc) is 3.43. The predicted molar refractivity (Wildman–Crippen MR) is 302 cm³/mol. The molecular formula is C70H44. The monoisotopic (exact) mass is 884 g/mol. The maximum absolute atomic E-state index is 2.40. The van der Waals surface area contributed by atoms with Gasteiger partial charge >= 0.3 is 0 Å². The van der Waals surface area contributed by atoms with Gasteiger partial charge in [0, 0.05) is 0 Å². The predicted octanol–water partition coefficient (Wildman–Crippen LogP) is 19.8. The summed E-state index contributed by atoms with van der Waals surface area (Å²) in [6.45, 7) is 0. The topological polar surface area (TPSA) is 0 Å². The quantitative estimate of drug-likeness (QED) is 0.146. The number of hydrogen-bond donors (Lipinski definition) is 0. The summed E-state index contributed by atoms with van der Waals surface area (Å²) in [5, 5.41) is 17.5. The van der Waals surface area contributed by atoms with Crippen LogP contribution in [0.3, 0.4) is 0 Å². The van der Waals surface area contributed by atoms with Gasteiger partial charge in [-0.3, -0.25) is 0 Å². The highest BCUT2D eigenvalue weighted by Crippen LogP contribution is 2.51. The van der Waals surface area contributed by atoms with E-state index in [9.17, 15) is 0 Å². The smallest absolute Gasteiger partial charge is 0.00139 e. The Morgan fingerprint density at radius 2 is 0.414 bits per heavy atom. The van der Waals surface area contributed by atoms with Gasteiger partial charge in [-0.05, 0) is 154 Å². The van der Waals surface area contributed by atoms with E-state index in [1.165, 1.54) is 142 Å². The van der Waals surface area contributed by atoms with Crippen LogP contribution < -0.4 is 0 Å². The molecule has 0 nitrogen and oxygen atoms in total. The third-order valence-electron chi connectivity index (χ3n) is 14.8. The molecule has 0 aliphatic rings. The Hall–Kier alpha value is -9.10. The van der Waals surface area contributed by atoms with Crippen LogP contribution in [0.5, 0.6) is 0 Å². The molecule has 0 amide bonds. The summed E-state index contributed by atoms with van der Waals surface area (Å²) in [5.74, 6) is 0. The Labute approximate surface area is 407 Å². The van der Waals surface area contributed by atoms with Gasteiger partial charge in [-0.1, -0.05) is 255 Å². The molecule has 0 saturated carbocycles. The number of benzene rings is 14. The summed E-state index contributed by atoms with van der Waals surface area (Å²) in [4.78, 5) is 0. The van der Waals surface area contributed by atoms with E-state index in [1.54, 1.807) is 0 Å². The highest BCUT2D eigenvalue weighted by molar-refractivity contribution is 6.30. The standard InChI is InChI=1S/C70H44/c1-3-19-45(20-4-1)51-41-42-63-64(44-51)67(47-22-5-2-6-23-47)54-26-10-9-25-53(54)66(63)49-38-36-48(37-39-49)65-55-27-11-15-31-59(55)69(60-32-16-12-28-56(60)65)70-61-33-17-13-29-57(61)68(58-30-14-18-34-62(58)70)52-40-35-46-21-7-8-24-50(46)43-52/h1-44H. The first kappa shape index (κ1) is 40.0. The van der Waals surface area contributed by atoms with Crippen LogP contribution in [-0.2, 0) is 0 Å². The first-order valence-electron chi connectivity index (χ1n) is 24.3. The van der Waals surface area contributed by atoms with Crippen molar-refractivity contribution in [3.8, 4) is 66.8 Å². The van der Waals surface area contributed by atoms with Crippen molar-refractivity contribution in [2.75, 3.05) is 0 Å². The molecule has 0 atom stereocenters. The molecule has 0 radical (unpaired) electrons. The molecule has 0 aliphatic heterocycles. The Kier molecular flexibility index (Phi) is 9.32. The molecule has 14 rings (SSSR count). The van der Waals surface area contributed by atoms with Gasteiger partial charge in [0.2, 0.25) is 0 Å². The maximum atomic E-state index is 2.40. The fourth-order valence-corrected chi connectivity index (χ4v) is 11.8. The highest BCUT2D eigenvalue weighted by atomic mass is 14.3. The molecule has 0 heteroatoms. The zero-order chi connectivity index (χ0) is 46.1. The SMILES string of the molecule is c1ccc(-c2ccc3c(-c4ccc(-c5c6ccccc6c(-c6c7ccccc7c(-c7ccc8ccccc8c7)c7ccccc67)c6ccccc56)cc4)c4ccccc4c(-c4ccccc4)c3c2)cc1.